The minimum atomic E-state index is -0.244. The van der Waals surface area contributed by atoms with Crippen molar-refractivity contribution < 1.29 is 0 Å². The summed E-state index contributed by atoms with van der Waals surface area (Å²) in [5.74, 6) is 0. The van der Waals surface area contributed by atoms with Crippen molar-refractivity contribution in [2.75, 3.05) is 0 Å². The zero-order chi connectivity index (χ0) is 9.19. The molecule has 0 saturated heterocycles. The number of hydrogen-bond donors (Lipinski definition) is 0. The molecule has 1 heteroatoms. The summed E-state index contributed by atoms with van der Waals surface area (Å²) < 4.78 is 0. The van der Waals surface area contributed by atoms with Gasteiger partial charge >= 0.3 is 0 Å². The van der Waals surface area contributed by atoms with E-state index in [2.05, 4.69) is 31.2 Å². The molecule has 0 fully saturated rings. The zero-order valence-corrected chi connectivity index (χ0v) is 8.65. The van der Waals surface area contributed by atoms with Gasteiger partial charge in [0.15, 0.2) is 0 Å². The Morgan fingerprint density at radius 2 is 1.67 bits per heavy atom. The Labute approximate surface area is 79.6 Å². The summed E-state index contributed by atoms with van der Waals surface area (Å²) in [4.78, 5) is -0.244. The van der Waals surface area contributed by atoms with Crippen molar-refractivity contribution in [3.8, 4) is 0 Å². The van der Waals surface area contributed by atoms with Crippen LogP contribution in [0.3, 0.4) is 0 Å². The summed E-state index contributed by atoms with van der Waals surface area (Å²) in [5.41, 5.74) is 2.54. The maximum absolute atomic E-state index is 6.15. The number of benzene rings is 1. The molecule has 0 aromatic heterocycles. The third-order valence-electron chi connectivity index (χ3n) is 2.05. The van der Waals surface area contributed by atoms with Crippen molar-refractivity contribution in [1.82, 2.24) is 0 Å². The number of aryl methyl sites for hydroxylation is 1. The minimum absolute atomic E-state index is 0.244. The van der Waals surface area contributed by atoms with Crippen LogP contribution in [-0.4, -0.2) is 0 Å². The number of alkyl halides is 1. The molecular formula is C11H15Cl. The van der Waals surface area contributed by atoms with Gasteiger partial charge in [0, 0.05) is 0 Å². The second kappa shape index (κ2) is 3.49. The van der Waals surface area contributed by atoms with E-state index < -0.39 is 0 Å². The van der Waals surface area contributed by atoms with Crippen molar-refractivity contribution >= 4 is 11.6 Å². The molecule has 0 amide bonds. The highest BCUT2D eigenvalue weighted by atomic mass is 35.5. The molecule has 0 bridgehead atoms. The molecule has 0 atom stereocenters. The maximum atomic E-state index is 6.15. The van der Waals surface area contributed by atoms with Gasteiger partial charge in [0.05, 0.1) is 4.87 Å². The van der Waals surface area contributed by atoms with Crippen LogP contribution in [0, 0.1) is 0 Å². The summed E-state index contributed by atoms with van der Waals surface area (Å²) in [7, 11) is 0. The first-order chi connectivity index (χ1) is 5.54. The summed E-state index contributed by atoms with van der Waals surface area (Å²) in [5, 5.41) is 0. The standard InChI is InChI=1S/C11H15Cl/c1-4-9-5-7-10(8-6-9)11(2,3)12/h5-8H,4H2,1-3H3. The number of hydrogen-bond acceptors (Lipinski definition) is 0. The molecule has 1 aromatic rings. The Bertz CT molecular complexity index is 241. The molecule has 0 nitrogen and oxygen atoms in total. The molecule has 0 aliphatic rings. The van der Waals surface area contributed by atoms with E-state index in [9.17, 15) is 0 Å². The summed E-state index contributed by atoms with van der Waals surface area (Å²) >= 11 is 6.15. The van der Waals surface area contributed by atoms with Gasteiger partial charge in [-0.3, -0.25) is 0 Å². The lowest BCUT2D eigenvalue weighted by Gasteiger charge is -2.16. The van der Waals surface area contributed by atoms with Crippen LogP contribution in [0.25, 0.3) is 0 Å². The van der Waals surface area contributed by atoms with Gasteiger partial charge in [-0.15, -0.1) is 11.6 Å². The van der Waals surface area contributed by atoms with Crippen molar-refractivity contribution in [3.63, 3.8) is 0 Å². The Kier molecular flexibility index (Phi) is 2.79. The molecule has 0 radical (unpaired) electrons. The van der Waals surface area contributed by atoms with E-state index in [1.54, 1.807) is 0 Å². The lowest BCUT2D eigenvalue weighted by atomic mass is 10.0. The van der Waals surface area contributed by atoms with Crippen molar-refractivity contribution in [1.29, 1.82) is 0 Å². The normalized spacial score (nSPS) is 11.7. The predicted octanol–water partition coefficient (Wildman–Crippen LogP) is 3.72. The molecule has 0 aliphatic carbocycles. The SMILES string of the molecule is CCc1ccc(C(C)(C)Cl)cc1. The molecule has 1 aromatic carbocycles. The Balaban J connectivity index is 2.93. The monoisotopic (exact) mass is 182 g/mol. The van der Waals surface area contributed by atoms with E-state index in [0.29, 0.717) is 0 Å². The van der Waals surface area contributed by atoms with Gasteiger partial charge < -0.3 is 0 Å². The first kappa shape index (κ1) is 9.60. The fraction of sp³-hybridized carbons (Fsp3) is 0.455. The molecule has 12 heavy (non-hydrogen) atoms. The Morgan fingerprint density at radius 1 is 1.17 bits per heavy atom. The lowest BCUT2D eigenvalue weighted by molar-refractivity contribution is 0.765. The maximum Gasteiger partial charge on any atom is 0.0638 e. The first-order valence-electron chi connectivity index (χ1n) is 4.32. The molecule has 0 unspecified atom stereocenters. The molecule has 66 valence electrons. The van der Waals surface area contributed by atoms with E-state index in [-0.39, 0.29) is 4.87 Å². The average molecular weight is 183 g/mol. The first-order valence-corrected chi connectivity index (χ1v) is 4.70. The fourth-order valence-corrected chi connectivity index (χ4v) is 1.26. The van der Waals surface area contributed by atoms with E-state index >= 15 is 0 Å². The second-order valence-corrected chi connectivity index (χ2v) is 4.47. The van der Waals surface area contributed by atoms with Crippen molar-refractivity contribution in [3.05, 3.63) is 35.4 Å². The average Bonchev–Trinajstić information content (AvgIpc) is 2.03. The summed E-state index contributed by atoms with van der Waals surface area (Å²) in [6, 6.07) is 8.48. The highest BCUT2D eigenvalue weighted by Crippen LogP contribution is 2.27. The van der Waals surface area contributed by atoms with Crippen LogP contribution in [-0.2, 0) is 11.3 Å². The van der Waals surface area contributed by atoms with E-state index in [4.69, 9.17) is 11.6 Å². The second-order valence-electron chi connectivity index (χ2n) is 3.52. The Hall–Kier alpha value is -0.490. The topological polar surface area (TPSA) is 0 Å². The van der Waals surface area contributed by atoms with Crippen LogP contribution in [0.4, 0.5) is 0 Å². The number of rotatable bonds is 2. The van der Waals surface area contributed by atoms with Gasteiger partial charge in [-0.05, 0) is 31.4 Å². The highest BCUT2D eigenvalue weighted by molar-refractivity contribution is 6.23. The van der Waals surface area contributed by atoms with Gasteiger partial charge in [0.25, 0.3) is 0 Å². The van der Waals surface area contributed by atoms with E-state index in [1.165, 1.54) is 11.1 Å². The largest absolute Gasteiger partial charge is 0.115 e. The van der Waals surface area contributed by atoms with Gasteiger partial charge in [-0.2, -0.15) is 0 Å². The summed E-state index contributed by atoms with van der Waals surface area (Å²) in [6.45, 7) is 6.17. The molecule has 0 N–H and O–H groups in total. The van der Waals surface area contributed by atoms with Crippen LogP contribution < -0.4 is 0 Å². The fourth-order valence-electron chi connectivity index (χ4n) is 1.14. The summed E-state index contributed by atoms with van der Waals surface area (Å²) in [6.07, 6.45) is 1.09. The highest BCUT2D eigenvalue weighted by Gasteiger charge is 2.15. The quantitative estimate of drug-likeness (QED) is 0.612. The van der Waals surface area contributed by atoms with Gasteiger partial charge in [-0.1, -0.05) is 31.2 Å². The van der Waals surface area contributed by atoms with E-state index in [0.717, 1.165) is 6.42 Å². The third-order valence-corrected chi connectivity index (χ3v) is 2.27. The van der Waals surface area contributed by atoms with Crippen LogP contribution in [0.1, 0.15) is 31.9 Å². The van der Waals surface area contributed by atoms with Crippen LogP contribution in [0.15, 0.2) is 24.3 Å². The van der Waals surface area contributed by atoms with Crippen LogP contribution in [0.2, 0.25) is 0 Å². The minimum Gasteiger partial charge on any atom is -0.115 e. The molecule has 0 spiro atoms. The van der Waals surface area contributed by atoms with Gasteiger partial charge in [-0.25, -0.2) is 0 Å². The van der Waals surface area contributed by atoms with Gasteiger partial charge in [0.1, 0.15) is 0 Å². The predicted molar refractivity (Wildman–Crippen MR) is 54.7 cm³/mol. The molecular weight excluding hydrogens is 168 g/mol. The van der Waals surface area contributed by atoms with E-state index in [1.807, 2.05) is 13.8 Å². The van der Waals surface area contributed by atoms with Crippen LogP contribution in [0.5, 0.6) is 0 Å². The van der Waals surface area contributed by atoms with Crippen molar-refractivity contribution in [2.24, 2.45) is 0 Å². The smallest absolute Gasteiger partial charge is 0.0638 e. The van der Waals surface area contributed by atoms with Crippen molar-refractivity contribution in [2.45, 2.75) is 32.1 Å². The molecule has 0 aliphatic heterocycles. The number of halogens is 1. The molecule has 1 rings (SSSR count). The zero-order valence-electron chi connectivity index (χ0n) is 7.89. The lowest BCUT2D eigenvalue weighted by Crippen LogP contribution is -2.06. The Morgan fingerprint density at radius 3 is 2.00 bits per heavy atom. The molecule has 0 saturated carbocycles. The third kappa shape index (κ3) is 2.25. The van der Waals surface area contributed by atoms with Crippen LogP contribution >= 0.6 is 11.6 Å². The van der Waals surface area contributed by atoms with Gasteiger partial charge in [0.2, 0.25) is 0 Å². The molecule has 0 heterocycles.